The monoisotopic (exact) mass is 248 g/mol. The molecule has 1 radical (unpaired) electrons. The predicted octanol–water partition coefficient (Wildman–Crippen LogP) is 1.60. The molecule has 0 aliphatic heterocycles. The van der Waals surface area contributed by atoms with Gasteiger partial charge in [0.15, 0.2) is 0 Å². The normalized spacial score (nSPS) is 11.6. The number of hydrogen-bond donors (Lipinski definition) is 1. The lowest BCUT2D eigenvalue weighted by Crippen LogP contribution is -2.39. The van der Waals surface area contributed by atoms with Crippen molar-refractivity contribution in [2.75, 3.05) is 6.61 Å². The van der Waals surface area contributed by atoms with E-state index in [1.165, 1.54) is 0 Å². The van der Waals surface area contributed by atoms with Crippen molar-refractivity contribution >= 4 is 12.4 Å². The van der Waals surface area contributed by atoms with Crippen molar-refractivity contribution in [1.82, 2.24) is 5.32 Å². The molecule has 1 aromatic carbocycles. The number of carbonyl (C=O) groups excluding carboxylic acids is 2. The highest BCUT2D eigenvalue weighted by Crippen LogP contribution is 2.04. The van der Waals surface area contributed by atoms with Crippen LogP contribution in [0.1, 0.15) is 25.3 Å². The van der Waals surface area contributed by atoms with Gasteiger partial charge in [-0.05, 0) is 12.0 Å². The van der Waals surface area contributed by atoms with Crippen LogP contribution in [0, 0.1) is 0 Å². The molecule has 0 unspecified atom stereocenters. The number of nitrogens with one attached hydrogen (secondary N) is 1. The Hall–Kier alpha value is -1.84. The molecule has 0 heterocycles. The van der Waals surface area contributed by atoms with Gasteiger partial charge >= 0.3 is 12.4 Å². The van der Waals surface area contributed by atoms with Crippen molar-refractivity contribution in [2.45, 2.75) is 32.2 Å². The van der Waals surface area contributed by atoms with E-state index in [2.05, 4.69) is 5.32 Å². The van der Waals surface area contributed by atoms with E-state index in [-0.39, 0.29) is 0 Å². The van der Waals surface area contributed by atoms with Gasteiger partial charge in [0.05, 0.1) is 6.61 Å². The van der Waals surface area contributed by atoms with Gasteiger partial charge in [-0.3, -0.25) is 4.79 Å². The summed E-state index contributed by atoms with van der Waals surface area (Å²) in [6, 6.07) is 8.81. The van der Waals surface area contributed by atoms with Crippen LogP contribution in [0.25, 0.3) is 0 Å². The summed E-state index contributed by atoms with van der Waals surface area (Å²) in [6.07, 6.45) is 3.77. The molecule has 4 heteroatoms. The third kappa shape index (κ3) is 4.99. The fourth-order valence-electron chi connectivity index (χ4n) is 1.53. The Bertz CT molecular complexity index is 365. The van der Waals surface area contributed by atoms with E-state index in [0.29, 0.717) is 13.0 Å². The van der Waals surface area contributed by atoms with E-state index in [4.69, 9.17) is 4.74 Å². The Balaban J connectivity index is 2.53. The largest absolute Gasteiger partial charge is 0.464 e. The first-order valence-electron chi connectivity index (χ1n) is 6.11. The molecule has 0 spiro atoms. The Morgan fingerprint density at radius 2 is 2.11 bits per heavy atom. The molecule has 0 bridgehead atoms. The van der Waals surface area contributed by atoms with Crippen LogP contribution < -0.4 is 5.32 Å². The SMILES string of the molecule is CCCCOC(=O)[C@H](Cc1ccccc1)N[C]=O. The molecule has 1 amide bonds. The van der Waals surface area contributed by atoms with Crippen molar-refractivity contribution in [3.8, 4) is 0 Å². The minimum atomic E-state index is -0.665. The summed E-state index contributed by atoms with van der Waals surface area (Å²) in [6.45, 7) is 2.41. The molecule has 18 heavy (non-hydrogen) atoms. The van der Waals surface area contributed by atoms with Gasteiger partial charge in [-0.1, -0.05) is 43.7 Å². The van der Waals surface area contributed by atoms with Gasteiger partial charge in [0, 0.05) is 6.42 Å². The zero-order chi connectivity index (χ0) is 13.2. The topological polar surface area (TPSA) is 55.4 Å². The Morgan fingerprint density at radius 3 is 2.72 bits per heavy atom. The fourth-order valence-corrected chi connectivity index (χ4v) is 1.53. The Morgan fingerprint density at radius 1 is 1.39 bits per heavy atom. The molecule has 97 valence electrons. The lowest BCUT2D eigenvalue weighted by Gasteiger charge is -2.14. The maximum atomic E-state index is 11.7. The molecule has 0 saturated carbocycles. The molecular formula is C14H18NO3. The van der Waals surface area contributed by atoms with Crippen LogP contribution >= 0.6 is 0 Å². The van der Waals surface area contributed by atoms with Gasteiger partial charge in [0.25, 0.3) is 0 Å². The second-order valence-electron chi connectivity index (χ2n) is 4.01. The number of ether oxygens (including phenoxy) is 1. The van der Waals surface area contributed by atoms with Gasteiger partial charge in [-0.2, -0.15) is 0 Å². The van der Waals surface area contributed by atoms with E-state index in [1.807, 2.05) is 37.3 Å². The predicted molar refractivity (Wildman–Crippen MR) is 68.6 cm³/mol. The quantitative estimate of drug-likeness (QED) is 0.432. The minimum Gasteiger partial charge on any atom is -0.464 e. The smallest absolute Gasteiger partial charge is 0.328 e. The summed E-state index contributed by atoms with van der Waals surface area (Å²) in [7, 11) is 0. The van der Waals surface area contributed by atoms with E-state index < -0.39 is 12.0 Å². The number of hydrogen-bond acceptors (Lipinski definition) is 3. The maximum absolute atomic E-state index is 11.7. The van der Waals surface area contributed by atoms with Crippen molar-refractivity contribution in [3.05, 3.63) is 35.9 Å². The number of unbranched alkanes of at least 4 members (excludes halogenated alkanes) is 1. The van der Waals surface area contributed by atoms with Crippen LogP contribution in [0.3, 0.4) is 0 Å². The van der Waals surface area contributed by atoms with Crippen molar-refractivity contribution in [3.63, 3.8) is 0 Å². The number of amides is 1. The third-order valence-electron chi connectivity index (χ3n) is 2.54. The minimum absolute atomic E-state index is 0.390. The molecule has 0 aromatic heterocycles. The fraction of sp³-hybridized carbons (Fsp3) is 0.429. The number of benzene rings is 1. The van der Waals surface area contributed by atoms with Gasteiger partial charge in [-0.25, -0.2) is 4.79 Å². The molecule has 0 saturated heterocycles. The van der Waals surface area contributed by atoms with Crippen LogP contribution in [0.2, 0.25) is 0 Å². The lowest BCUT2D eigenvalue weighted by molar-refractivity contribution is -0.145. The van der Waals surface area contributed by atoms with Gasteiger partial charge in [0.2, 0.25) is 0 Å². The zero-order valence-electron chi connectivity index (χ0n) is 10.5. The van der Waals surface area contributed by atoms with Gasteiger partial charge in [0.1, 0.15) is 6.04 Å². The molecule has 0 aliphatic rings. The first-order valence-corrected chi connectivity index (χ1v) is 6.11. The van der Waals surface area contributed by atoms with Crippen molar-refractivity contribution in [2.24, 2.45) is 0 Å². The average Bonchev–Trinajstić information content (AvgIpc) is 2.39. The van der Waals surface area contributed by atoms with Crippen molar-refractivity contribution < 1.29 is 14.3 Å². The molecule has 1 atom stereocenters. The molecule has 4 nitrogen and oxygen atoms in total. The highest BCUT2D eigenvalue weighted by atomic mass is 16.5. The average molecular weight is 248 g/mol. The second kappa shape index (κ2) is 8.28. The van der Waals surface area contributed by atoms with E-state index in [9.17, 15) is 9.59 Å². The summed E-state index contributed by atoms with van der Waals surface area (Å²) >= 11 is 0. The van der Waals surface area contributed by atoms with Crippen LogP contribution in [0.4, 0.5) is 0 Å². The highest BCUT2D eigenvalue weighted by Gasteiger charge is 2.19. The summed E-state index contributed by atoms with van der Waals surface area (Å²) in [4.78, 5) is 22.1. The highest BCUT2D eigenvalue weighted by molar-refractivity contribution is 5.78. The summed E-state index contributed by atoms with van der Waals surface area (Å²) in [5, 5.41) is 2.38. The Labute approximate surface area is 107 Å². The first kappa shape index (κ1) is 14.2. The summed E-state index contributed by atoms with van der Waals surface area (Å²) in [5.74, 6) is -0.407. The van der Waals surface area contributed by atoms with E-state index in [1.54, 1.807) is 6.41 Å². The molecule has 1 aromatic rings. The van der Waals surface area contributed by atoms with Gasteiger partial charge < -0.3 is 10.1 Å². The van der Waals surface area contributed by atoms with Crippen LogP contribution in [0.5, 0.6) is 0 Å². The first-order chi connectivity index (χ1) is 8.77. The number of carbonyl (C=O) groups is 1. The lowest BCUT2D eigenvalue weighted by atomic mass is 10.1. The molecule has 0 aliphatic carbocycles. The van der Waals surface area contributed by atoms with Crippen LogP contribution in [-0.4, -0.2) is 25.0 Å². The van der Waals surface area contributed by atoms with E-state index in [0.717, 1.165) is 18.4 Å². The molecule has 1 N–H and O–H groups in total. The number of rotatable bonds is 8. The van der Waals surface area contributed by atoms with Crippen molar-refractivity contribution in [1.29, 1.82) is 0 Å². The zero-order valence-corrected chi connectivity index (χ0v) is 10.5. The standard InChI is InChI=1S/C14H18NO3/c1-2-3-9-18-14(17)13(15-11-16)10-12-7-5-4-6-8-12/h4-8,13H,2-3,9-10H2,1H3,(H,15,16)/t13-/m0/s1. The molecule has 1 rings (SSSR count). The number of esters is 1. The van der Waals surface area contributed by atoms with Gasteiger partial charge in [-0.15, -0.1) is 0 Å². The summed E-state index contributed by atoms with van der Waals surface area (Å²) < 4.78 is 5.09. The summed E-state index contributed by atoms with van der Waals surface area (Å²) in [5.41, 5.74) is 0.970. The Kier molecular flexibility index (Phi) is 6.54. The van der Waals surface area contributed by atoms with Crippen LogP contribution in [0.15, 0.2) is 30.3 Å². The second-order valence-corrected chi connectivity index (χ2v) is 4.01. The molecule has 0 fully saturated rings. The third-order valence-corrected chi connectivity index (χ3v) is 2.54. The van der Waals surface area contributed by atoms with E-state index >= 15 is 0 Å². The maximum Gasteiger partial charge on any atom is 0.328 e. The van der Waals surface area contributed by atoms with Crippen LogP contribution in [-0.2, 0) is 20.7 Å². The molecular weight excluding hydrogens is 230 g/mol.